The summed E-state index contributed by atoms with van der Waals surface area (Å²) < 4.78 is 5.68. The van der Waals surface area contributed by atoms with Crippen LogP contribution < -0.4 is 10.1 Å². The molecule has 1 aromatic carbocycles. The van der Waals surface area contributed by atoms with Crippen molar-refractivity contribution in [3.05, 3.63) is 29.3 Å². The molecule has 1 saturated heterocycles. The summed E-state index contributed by atoms with van der Waals surface area (Å²) in [4.78, 5) is 13.9. The van der Waals surface area contributed by atoms with Gasteiger partial charge < -0.3 is 15.0 Å². The van der Waals surface area contributed by atoms with Gasteiger partial charge in [0.1, 0.15) is 5.75 Å². The molecule has 0 radical (unpaired) electrons. The van der Waals surface area contributed by atoms with Crippen LogP contribution in [0.1, 0.15) is 11.1 Å². The first-order valence-corrected chi connectivity index (χ1v) is 6.47. The molecule has 0 atom stereocenters. The summed E-state index contributed by atoms with van der Waals surface area (Å²) in [7, 11) is 0. The predicted octanol–water partition coefficient (Wildman–Crippen LogP) is 0.0878. The van der Waals surface area contributed by atoms with Gasteiger partial charge in [-0.3, -0.25) is 4.79 Å². The van der Waals surface area contributed by atoms with Crippen molar-refractivity contribution < 1.29 is 14.8 Å². The number of benzene rings is 1. The maximum absolute atomic E-state index is 12.0. The van der Waals surface area contributed by atoms with Gasteiger partial charge >= 0.3 is 0 Å². The zero-order chi connectivity index (χ0) is 13.0. The number of carbonyl (C=O) groups is 1. The monoisotopic (exact) mass is 249 g/mol. The van der Waals surface area contributed by atoms with Crippen molar-refractivity contribution in [2.24, 2.45) is 0 Å². The van der Waals surface area contributed by atoms with Gasteiger partial charge in [-0.2, -0.15) is 0 Å². The molecule has 1 amide bonds. The topological polar surface area (TPSA) is 46.1 Å². The fourth-order valence-corrected chi connectivity index (χ4v) is 2.25. The molecule has 1 aliphatic heterocycles. The second kappa shape index (κ2) is 5.87. The van der Waals surface area contributed by atoms with Gasteiger partial charge in [-0.25, -0.2) is 0 Å². The largest absolute Gasteiger partial charge is 0.483 e. The van der Waals surface area contributed by atoms with Crippen molar-refractivity contribution in [1.82, 2.24) is 4.90 Å². The quantitative estimate of drug-likeness (QED) is 0.825. The van der Waals surface area contributed by atoms with Crippen LogP contribution in [0.5, 0.6) is 5.75 Å². The molecule has 98 valence electrons. The van der Waals surface area contributed by atoms with E-state index in [1.165, 1.54) is 0 Å². The van der Waals surface area contributed by atoms with E-state index in [2.05, 4.69) is 5.32 Å². The number of amides is 1. The Hall–Kier alpha value is -1.55. The maximum Gasteiger partial charge on any atom is 0.260 e. The normalized spacial score (nSPS) is 15.6. The molecule has 1 aliphatic rings. The lowest BCUT2D eigenvalue weighted by Gasteiger charge is -2.25. The molecule has 4 nitrogen and oxygen atoms in total. The van der Waals surface area contributed by atoms with E-state index in [4.69, 9.17) is 4.74 Å². The molecule has 0 saturated carbocycles. The Bertz CT molecular complexity index is 406. The molecule has 1 heterocycles. The van der Waals surface area contributed by atoms with Crippen molar-refractivity contribution in [3.63, 3.8) is 0 Å². The van der Waals surface area contributed by atoms with E-state index in [9.17, 15) is 4.79 Å². The van der Waals surface area contributed by atoms with Gasteiger partial charge in [0.2, 0.25) is 0 Å². The van der Waals surface area contributed by atoms with Gasteiger partial charge in [-0.1, -0.05) is 18.2 Å². The van der Waals surface area contributed by atoms with Gasteiger partial charge in [0, 0.05) is 0 Å². The van der Waals surface area contributed by atoms with Crippen LogP contribution in [-0.4, -0.2) is 43.6 Å². The zero-order valence-corrected chi connectivity index (χ0v) is 11.1. The predicted molar refractivity (Wildman–Crippen MR) is 69.7 cm³/mol. The van der Waals surface area contributed by atoms with Crippen molar-refractivity contribution in [3.8, 4) is 5.75 Å². The van der Waals surface area contributed by atoms with Crippen molar-refractivity contribution in [1.29, 1.82) is 0 Å². The van der Waals surface area contributed by atoms with Crippen LogP contribution in [0.3, 0.4) is 0 Å². The molecular formula is C14H21N2O2+. The van der Waals surface area contributed by atoms with Gasteiger partial charge in [0.05, 0.1) is 26.2 Å². The van der Waals surface area contributed by atoms with E-state index < -0.39 is 0 Å². The summed E-state index contributed by atoms with van der Waals surface area (Å²) in [6, 6.07) is 6.01. The SMILES string of the molecule is Cc1cccc(C)c1OCC(=O)N1CC[NH2+]CC1. The Morgan fingerprint density at radius 3 is 2.50 bits per heavy atom. The van der Waals surface area contributed by atoms with Gasteiger partial charge in [0.15, 0.2) is 6.61 Å². The number of nitrogens with zero attached hydrogens (tertiary/aromatic N) is 1. The summed E-state index contributed by atoms with van der Waals surface area (Å²) in [5, 5.41) is 2.23. The summed E-state index contributed by atoms with van der Waals surface area (Å²) in [5.41, 5.74) is 2.16. The van der Waals surface area contributed by atoms with E-state index in [0.717, 1.165) is 43.1 Å². The van der Waals surface area contributed by atoms with Gasteiger partial charge in [-0.15, -0.1) is 0 Å². The number of para-hydroxylation sites is 1. The van der Waals surface area contributed by atoms with Crippen LogP contribution in [0.2, 0.25) is 0 Å². The van der Waals surface area contributed by atoms with Crippen LogP contribution in [0.4, 0.5) is 0 Å². The summed E-state index contributed by atoms with van der Waals surface area (Å²) in [5.74, 6) is 0.931. The molecule has 0 unspecified atom stereocenters. The van der Waals surface area contributed by atoms with Crippen LogP contribution in [-0.2, 0) is 4.79 Å². The highest BCUT2D eigenvalue weighted by molar-refractivity contribution is 5.77. The summed E-state index contributed by atoms with van der Waals surface area (Å²) in [6.45, 7) is 7.80. The second-order valence-corrected chi connectivity index (χ2v) is 4.76. The van der Waals surface area contributed by atoms with E-state index in [1.54, 1.807) is 0 Å². The number of hydrogen-bond donors (Lipinski definition) is 1. The third-order valence-electron chi connectivity index (χ3n) is 3.31. The minimum Gasteiger partial charge on any atom is -0.483 e. The number of hydrogen-bond acceptors (Lipinski definition) is 2. The zero-order valence-electron chi connectivity index (χ0n) is 11.1. The maximum atomic E-state index is 12.0. The highest BCUT2D eigenvalue weighted by Crippen LogP contribution is 2.22. The van der Waals surface area contributed by atoms with Gasteiger partial charge in [0.25, 0.3) is 5.91 Å². The number of aryl methyl sites for hydroxylation is 2. The number of carbonyl (C=O) groups excluding carboxylic acids is 1. The fraction of sp³-hybridized carbons (Fsp3) is 0.500. The highest BCUT2D eigenvalue weighted by atomic mass is 16.5. The van der Waals surface area contributed by atoms with Crippen LogP contribution in [0.15, 0.2) is 18.2 Å². The first-order chi connectivity index (χ1) is 8.68. The lowest BCUT2D eigenvalue weighted by atomic mass is 10.1. The van der Waals surface area contributed by atoms with Crippen molar-refractivity contribution >= 4 is 5.91 Å². The lowest BCUT2D eigenvalue weighted by Crippen LogP contribution is -2.90. The average molecular weight is 249 g/mol. The van der Waals surface area contributed by atoms with Crippen molar-refractivity contribution in [2.45, 2.75) is 13.8 Å². The van der Waals surface area contributed by atoms with Crippen LogP contribution in [0.25, 0.3) is 0 Å². The van der Waals surface area contributed by atoms with E-state index in [-0.39, 0.29) is 12.5 Å². The van der Waals surface area contributed by atoms with E-state index in [0.29, 0.717) is 0 Å². The number of ether oxygens (including phenoxy) is 1. The van der Waals surface area contributed by atoms with E-state index in [1.807, 2.05) is 36.9 Å². The number of piperazine rings is 1. The van der Waals surface area contributed by atoms with Gasteiger partial charge in [-0.05, 0) is 25.0 Å². The Kier molecular flexibility index (Phi) is 4.20. The molecule has 2 rings (SSSR count). The van der Waals surface area contributed by atoms with Crippen molar-refractivity contribution in [2.75, 3.05) is 32.8 Å². The van der Waals surface area contributed by atoms with E-state index >= 15 is 0 Å². The van der Waals surface area contributed by atoms with Crippen LogP contribution >= 0.6 is 0 Å². The standard InChI is InChI=1S/C14H20N2O2/c1-11-4-3-5-12(2)14(11)18-10-13(17)16-8-6-15-7-9-16/h3-5,15H,6-10H2,1-2H3/p+1. The molecule has 0 bridgehead atoms. The molecule has 0 aliphatic carbocycles. The molecule has 0 spiro atoms. The lowest BCUT2D eigenvalue weighted by molar-refractivity contribution is -0.662. The molecule has 1 aromatic rings. The fourth-order valence-electron chi connectivity index (χ4n) is 2.25. The van der Waals surface area contributed by atoms with Crippen LogP contribution in [0, 0.1) is 13.8 Å². The molecule has 0 aromatic heterocycles. The number of rotatable bonds is 3. The molecule has 2 N–H and O–H groups in total. The third kappa shape index (κ3) is 3.01. The molecule has 18 heavy (non-hydrogen) atoms. The minimum absolute atomic E-state index is 0.0887. The number of nitrogens with two attached hydrogens (primary N) is 1. The third-order valence-corrected chi connectivity index (χ3v) is 3.31. The first-order valence-electron chi connectivity index (χ1n) is 6.47. The molecule has 1 fully saturated rings. The minimum atomic E-state index is 0.0887. The highest BCUT2D eigenvalue weighted by Gasteiger charge is 2.18. The Morgan fingerprint density at radius 2 is 1.89 bits per heavy atom. The molecular weight excluding hydrogens is 228 g/mol. The first kappa shape index (κ1) is 12.9. The second-order valence-electron chi connectivity index (χ2n) is 4.76. The number of quaternary nitrogens is 1. The smallest absolute Gasteiger partial charge is 0.260 e. The summed E-state index contributed by atoms with van der Waals surface area (Å²) in [6.07, 6.45) is 0. The summed E-state index contributed by atoms with van der Waals surface area (Å²) >= 11 is 0. The Balaban J connectivity index is 1.92. The Labute approximate surface area is 108 Å². The average Bonchev–Trinajstić information content (AvgIpc) is 2.39. The Morgan fingerprint density at radius 1 is 1.28 bits per heavy atom. The molecule has 4 heteroatoms.